The molecule has 0 atom stereocenters. The summed E-state index contributed by atoms with van der Waals surface area (Å²) in [5.41, 5.74) is 3.30. The number of aromatic nitrogens is 3. The van der Waals surface area contributed by atoms with Crippen molar-refractivity contribution in [1.29, 1.82) is 0 Å². The Morgan fingerprint density at radius 3 is 2.96 bits per heavy atom. The van der Waals surface area contributed by atoms with Crippen molar-refractivity contribution >= 4 is 22.5 Å². The molecule has 3 aromatic rings. The Morgan fingerprint density at radius 1 is 1.22 bits per heavy atom. The van der Waals surface area contributed by atoms with E-state index in [0.29, 0.717) is 11.1 Å². The summed E-state index contributed by atoms with van der Waals surface area (Å²) in [4.78, 5) is 15.1. The van der Waals surface area contributed by atoms with Crippen LogP contribution in [-0.4, -0.2) is 26.2 Å². The van der Waals surface area contributed by atoms with Crippen molar-refractivity contribution in [2.45, 2.75) is 25.7 Å². The Balaban J connectivity index is 1.67. The third-order valence-electron chi connectivity index (χ3n) is 4.16. The smallest absolute Gasteiger partial charge is 0.316 e. The molecule has 2 heterocycles. The molecule has 2 aromatic heterocycles. The van der Waals surface area contributed by atoms with E-state index < -0.39 is 5.91 Å². The van der Waals surface area contributed by atoms with Crippen LogP contribution in [0.2, 0.25) is 0 Å². The highest BCUT2D eigenvalue weighted by molar-refractivity contribution is 5.96. The highest BCUT2D eigenvalue weighted by atomic mass is 16.3. The number of hydrogen-bond donors (Lipinski definition) is 3. The minimum atomic E-state index is -0.492. The van der Waals surface area contributed by atoms with E-state index >= 15 is 0 Å². The predicted octanol–water partition coefficient (Wildman–Crippen LogP) is 3.40. The van der Waals surface area contributed by atoms with Gasteiger partial charge in [0.1, 0.15) is 0 Å². The van der Waals surface area contributed by atoms with Crippen molar-refractivity contribution in [1.82, 2.24) is 15.2 Å². The van der Waals surface area contributed by atoms with Crippen LogP contribution in [0.25, 0.3) is 10.9 Å². The number of benzene rings is 1. The van der Waals surface area contributed by atoms with Crippen LogP contribution in [0.4, 0.5) is 5.69 Å². The first-order valence-corrected chi connectivity index (χ1v) is 7.56. The van der Waals surface area contributed by atoms with Gasteiger partial charge in [0.25, 0.3) is 0 Å². The number of aromatic hydroxyl groups is 1. The molecule has 1 aliphatic rings. The molecule has 3 N–H and O–H groups in total. The van der Waals surface area contributed by atoms with Gasteiger partial charge < -0.3 is 10.1 Å². The van der Waals surface area contributed by atoms with Gasteiger partial charge in [0.15, 0.2) is 11.4 Å². The number of carbonyl (C=O) groups is 1. The fourth-order valence-corrected chi connectivity index (χ4v) is 3.01. The summed E-state index contributed by atoms with van der Waals surface area (Å²) in [6, 6.07) is 7.31. The van der Waals surface area contributed by atoms with E-state index in [0.717, 1.165) is 42.5 Å². The zero-order valence-electron chi connectivity index (χ0n) is 12.3. The van der Waals surface area contributed by atoms with Gasteiger partial charge in [-0.05, 0) is 31.7 Å². The number of fused-ring (bicyclic) bond motifs is 2. The van der Waals surface area contributed by atoms with Crippen LogP contribution in [0.1, 0.15) is 34.6 Å². The molecule has 0 fully saturated rings. The first-order valence-electron chi connectivity index (χ1n) is 7.56. The second-order valence-corrected chi connectivity index (χ2v) is 5.61. The normalized spacial score (nSPS) is 14.4. The fourth-order valence-electron chi connectivity index (χ4n) is 3.01. The molecule has 0 radical (unpaired) electrons. The Morgan fingerprint density at radius 2 is 2.04 bits per heavy atom. The van der Waals surface area contributed by atoms with Crippen LogP contribution in [0.5, 0.6) is 5.88 Å². The van der Waals surface area contributed by atoms with Crippen molar-refractivity contribution in [3.05, 3.63) is 41.2 Å². The summed E-state index contributed by atoms with van der Waals surface area (Å²) < 4.78 is 0. The van der Waals surface area contributed by atoms with Gasteiger partial charge in [0.2, 0.25) is 5.88 Å². The number of carbonyl (C=O) groups excluding carboxylic acids is 1. The van der Waals surface area contributed by atoms with Gasteiger partial charge in [-0.1, -0.05) is 18.2 Å². The number of rotatable bonds is 2. The highest BCUT2D eigenvalue weighted by Gasteiger charge is 2.21. The first-order chi connectivity index (χ1) is 11.2. The minimum Gasteiger partial charge on any atom is -0.493 e. The van der Waals surface area contributed by atoms with Crippen LogP contribution in [0.3, 0.4) is 0 Å². The van der Waals surface area contributed by atoms with E-state index in [2.05, 4.69) is 25.4 Å². The van der Waals surface area contributed by atoms with E-state index in [1.807, 2.05) is 18.2 Å². The second-order valence-electron chi connectivity index (χ2n) is 5.61. The third kappa shape index (κ3) is 2.30. The van der Waals surface area contributed by atoms with Gasteiger partial charge in [-0.2, -0.15) is 5.10 Å². The molecule has 23 heavy (non-hydrogen) atoms. The van der Waals surface area contributed by atoms with Crippen LogP contribution in [0.15, 0.2) is 34.5 Å². The first kappa shape index (κ1) is 13.7. The molecule has 4 rings (SSSR count). The largest absolute Gasteiger partial charge is 0.493 e. The Kier molecular flexibility index (Phi) is 3.18. The lowest BCUT2D eigenvalue weighted by Gasteiger charge is -2.09. The van der Waals surface area contributed by atoms with Crippen LogP contribution in [0, 0.1) is 0 Å². The maximum absolute atomic E-state index is 12.3. The van der Waals surface area contributed by atoms with Crippen LogP contribution >= 0.6 is 0 Å². The molecule has 1 aliphatic carbocycles. The highest BCUT2D eigenvalue weighted by Crippen LogP contribution is 2.35. The van der Waals surface area contributed by atoms with Crippen molar-refractivity contribution in [3.63, 3.8) is 0 Å². The number of nitrogens with zero attached hydrogens (tertiary/aromatic N) is 3. The summed E-state index contributed by atoms with van der Waals surface area (Å²) in [6.07, 6.45) is 3.90. The molecule has 7 nitrogen and oxygen atoms in total. The fraction of sp³-hybridized carbons (Fsp3) is 0.250. The number of hydrogen-bond acceptors (Lipinski definition) is 4. The summed E-state index contributed by atoms with van der Waals surface area (Å²) in [5.74, 6) is -0.596. The number of amides is 1. The maximum Gasteiger partial charge on any atom is 0.316 e. The van der Waals surface area contributed by atoms with Crippen LogP contribution in [-0.2, 0) is 12.8 Å². The second kappa shape index (κ2) is 5.35. The molecule has 0 unspecified atom stereocenters. The molecule has 0 bridgehead atoms. The molecule has 0 saturated carbocycles. The summed E-state index contributed by atoms with van der Waals surface area (Å²) >= 11 is 0. The zero-order valence-corrected chi connectivity index (χ0v) is 12.3. The number of azo groups is 1. The molecule has 0 saturated heterocycles. The van der Waals surface area contributed by atoms with E-state index in [1.54, 1.807) is 6.07 Å². The van der Waals surface area contributed by atoms with Crippen LogP contribution < -0.4 is 0 Å². The number of aryl methyl sites for hydroxylation is 1. The lowest BCUT2D eigenvalue weighted by Crippen LogP contribution is -2.05. The van der Waals surface area contributed by atoms with Crippen molar-refractivity contribution in [3.8, 4) is 5.88 Å². The Hall–Kier alpha value is -2.96. The molecule has 1 aromatic carbocycles. The van der Waals surface area contributed by atoms with E-state index in [1.165, 1.54) is 0 Å². The van der Waals surface area contributed by atoms with Gasteiger partial charge in [-0.15, -0.1) is 10.2 Å². The van der Waals surface area contributed by atoms with Gasteiger partial charge in [-0.25, -0.2) is 0 Å². The number of aromatic amines is 2. The van der Waals surface area contributed by atoms with E-state index in [9.17, 15) is 9.90 Å². The summed E-state index contributed by atoms with van der Waals surface area (Å²) in [6.45, 7) is 0. The molecule has 116 valence electrons. The lowest BCUT2D eigenvalue weighted by atomic mass is 9.96. The number of nitrogens with one attached hydrogen (secondary N) is 2. The average Bonchev–Trinajstić information content (AvgIpc) is 3.13. The summed E-state index contributed by atoms with van der Waals surface area (Å²) in [5, 5.41) is 25.3. The zero-order chi connectivity index (χ0) is 15.8. The topological polar surface area (TPSA) is 106 Å². The molecular formula is C16H15N5O2. The van der Waals surface area contributed by atoms with Gasteiger partial charge in [0.05, 0.1) is 5.52 Å². The van der Waals surface area contributed by atoms with Gasteiger partial charge in [0, 0.05) is 16.6 Å². The minimum absolute atomic E-state index is 0.105. The van der Waals surface area contributed by atoms with E-state index in [4.69, 9.17) is 0 Å². The van der Waals surface area contributed by atoms with Crippen molar-refractivity contribution < 1.29 is 9.90 Å². The van der Waals surface area contributed by atoms with Gasteiger partial charge >= 0.3 is 5.91 Å². The molecule has 7 heteroatoms. The standard InChI is InChI=1S/C16H15N5O2/c22-15-13(9-5-1-3-7-11(9)17-15)20-21-16(23)14-10-6-2-4-8-12(10)18-19-14/h1,3,5,7,17,22H,2,4,6,8H2,(H,18,19). The van der Waals surface area contributed by atoms with E-state index in [-0.39, 0.29) is 11.6 Å². The number of para-hydroxylation sites is 1. The molecular weight excluding hydrogens is 294 g/mol. The molecule has 1 amide bonds. The quantitative estimate of drug-likeness (QED) is 0.631. The molecule has 0 spiro atoms. The van der Waals surface area contributed by atoms with Crippen molar-refractivity contribution in [2.75, 3.05) is 0 Å². The Bertz CT molecular complexity index is 922. The number of H-pyrrole nitrogens is 2. The SMILES string of the molecule is O=C(N=Nc1c(O)[nH]c2ccccc12)c1n[nH]c2c1CCCC2. The Labute approximate surface area is 131 Å². The summed E-state index contributed by atoms with van der Waals surface area (Å²) in [7, 11) is 0. The predicted molar refractivity (Wildman–Crippen MR) is 84.0 cm³/mol. The maximum atomic E-state index is 12.3. The molecule has 0 aliphatic heterocycles. The monoisotopic (exact) mass is 309 g/mol. The third-order valence-corrected chi connectivity index (χ3v) is 4.16. The van der Waals surface area contributed by atoms with Crippen molar-refractivity contribution in [2.24, 2.45) is 10.2 Å². The lowest BCUT2D eigenvalue weighted by molar-refractivity contribution is 0.0989. The average molecular weight is 309 g/mol. The van der Waals surface area contributed by atoms with Gasteiger partial charge in [-0.3, -0.25) is 9.89 Å².